The van der Waals surface area contributed by atoms with Gasteiger partial charge in [-0.15, -0.1) is 11.6 Å². The highest BCUT2D eigenvalue weighted by atomic mass is 35.5. The van der Waals surface area contributed by atoms with E-state index in [0.29, 0.717) is 16.6 Å². The Labute approximate surface area is 135 Å². The highest BCUT2D eigenvalue weighted by molar-refractivity contribution is 6.31. The van der Waals surface area contributed by atoms with Gasteiger partial charge in [-0.05, 0) is 18.4 Å². The Hall–Kier alpha value is -1.32. The molecule has 0 aliphatic rings. The van der Waals surface area contributed by atoms with Gasteiger partial charge in [0.05, 0.1) is 11.4 Å². The van der Waals surface area contributed by atoms with Gasteiger partial charge in [-0.1, -0.05) is 50.1 Å². The second-order valence-corrected chi connectivity index (χ2v) is 6.56. The Balaban J connectivity index is 2.48. The van der Waals surface area contributed by atoms with Gasteiger partial charge in [0.25, 0.3) is 0 Å². The van der Waals surface area contributed by atoms with Crippen LogP contribution in [0.2, 0.25) is 5.15 Å². The molecule has 0 amide bonds. The van der Waals surface area contributed by atoms with Gasteiger partial charge in [0, 0.05) is 5.56 Å². The van der Waals surface area contributed by atoms with Crippen molar-refractivity contribution in [3.05, 3.63) is 46.4 Å². The number of aryl methyl sites for hydroxylation is 1. The summed E-state index contributed by atoms with van der Waals surface area (Å²) in [5, 5.41) is 0.319. The predicted octanol–water partition coefficient (Wildman–Crippen LogP) is 5.27. The van der Waals surface area contributed by atoms with Crippen LogP contribution in [0.1, 0.15) is 37.5 Å². The minimum absolute atomic E-state index is 0.0424. The molecule has 0 aliphatic heterocycles. The molecule has 0 fully saturated rings. The Bertz CT molecular complexity index is 651. The van der Waals surface area contributed by atoms with Gasteiger partial charge in [0.15, 0.2) is 0 Å². The van der Waals surface area contributed by atoms with Crippen molar-refractivity contribution >= 4 is 23.2 Å². The number of halogens is 2. The van der Waals surface area contributed by atoms with Crippen molar-refractivity contribution < 1.29 is 4.74 Å². The molecule has 112 valence electrons. The minimum atomic E-state index is -0.0424. The molecule has 5 heteroatoms. The molecular weight excluding hydrogens is 307 g/mol. The number of nitrogens with zero attached hydrogens (tertiary/aromatic N) is 2. The lowest BCUT2D eigenvalue weighted by Gasteiger charge is -2.23. The number of ether oxygens (including phenoxy) is 1. The first kappa shape index (κ1) is 16.1. The van der Waals surface area contributed by atoms with E-state index in [-0.39, 0.29) is 11.3 Å². The molecule has 0 saturated heterocycles. The van der Waals surface area contributed by atoms with Crippen LogP contribution < -0.4 is 4.74 Å². The average Bonchev–Trinajstić information content (AvgIpc) is 2.40. The molecule has 0 aliphatic carbocycles. The van der Waals surface area contributed by atoms with Gasteiger partial charge < -0.3 is 4.74 Å². The molecule has 0 unspecified atom stereocenters. The quantitative estimate of drug-likeness (QED) is 0.570. The Morgan fingerprint density at radius 2 is 1.90 bits per heavy atom. The Morgan fingerprint density at radius 3 is 2.52 bits per heavy atom. The number of hydrogen-bond acceptors (Lipinski definition) is 3. The van der Waals surface area contributed by atoms with Crippen molar-refractivity contribution in [2.75, 3.05) is 0 Å². The first-order valence-corrected chi connectivity index (χ1v) is 7.58. The number of benzene rings is 1. The molecule has 0 atom stereocenters. The standard InChI is InChI=1S/C16H18Cl2N2O/c1-10-5-6-13(12(7-10)16(2,3)4)21-15-11(8-17)14(18)19-9-20-15/h5-7,9H,8H2,1-4H3. The van der Waals surface area contributed by atoms with Crippen LogP contribution >= 0.6 is 23.2 Å². The first-order valence-electron chi connectivity index (χ1n) is 6.67. The summed E-state index contributed by atoms with van der Waals surface area (Å²) in [6.45, 7) is 8.49. The average molecular weight is 325 g/mol. The molecule has 0 spiro atoms. The van der Waals surface area contributed by atoms with Crippen LogP contribution in [0.3, 0.4) is 0 Å². The van der Waals surface area contributed by atoms with Crippen molar-refractivity contribution in [3.8, 4) is 11.6 Å². The van der Waals surface area contributed by atoms with E-state index >= 15 is 0 Å². The summed E-state index contributed by atoms with van der Waals surface area (Å²) in [5.74, 6) is 1.36. The van der Waals surface area contributed by atoms with Crippen molar-refractivity contribution in [2.45, 2.75) is 39.0 Å². The van der Waals surface area contributed by atoms with Crippen LogP contribution in [0, 0.1) is 6.92 Å². The number of alkyl halides is 1. The second kappa shape index (κ2) is 6.20. The smallest absolute Gasteiger partial charge is 0.228 e. The van der Waals surface area contributed by atoms with Gasteiger partial charge in [0.2, 0.25) is 5.88 Å². The Kier molecular flexibility index (Phi) is 4.74. The van der Waals surface area contributed by atoms with Crippen LogP contribution in [-0.2, 0) is 11.3 Å². The van der Waals surface area contributed by atoms with E-state index in [9.17, 15) is 0 Å². The lowest BCUT2D eigenvalue weighted by molar-refractivity contribution is 0.434. The van der Waals surface area contributed by atoms with E-state index in [1.165, 1.54) is 11.9 Å². The monoisotopic (exact) mass is 324 g/mol. The van der Waals surface area contributed by atoms with Crippen LogP contribution in [0.25, 0.3) is 0 Å². The molecule has 0 saturated carbocycles. The molecule has 2 rings (SSSR count). The summed E-state index contributed by atoms with van der Waals surface area (Å²) in [7, 11) is 0. The van der Waals surface area contributed by atoms with Gasteiger partial charge in [-0.3, -0.25) is 0 Å². The van der Waals surface area contributed by atoms with Crippen LogP contribution in [0.4, 0.5) is 0 Å². The number of aromatic nitrogens is 2. The van der Waals surface area contributed by atoms with E-state index in [0.717, 1.165) is 11.3 Å². The summed E-state index contributed by atoms with van der Waals surface area (Å²) in [6, 6.07) is 6.08. The summed E-state index contributed by atoms with van der Waals surface area (Å²) >= 11 is 11.9. The van der Waals surface area contributed by atoms with Gasteiger partial charge in [0.1, 0.15) is 17.2 Å². The fourth-order valence-electron chi connectivity index (χ4n) is 2.00. The van der Waals surface area contributed by atoms with Crippen LogP contribution in [0.5, 0.6) is 11.6 Å². The van der Waals surface area contributed by atoms with E-state index < -0.39 is 0 Å². The maximum absolute atomic E-state index is 6.04. The van der Waals surface area contributed by atoms with Crippen molar-refractivity contribution in [1.29, 1.82) is 0 Å². The van der Waals surface area contributed by atoms with Crippen molar-refractivity contribution in [2.24, 2.45) is 0 Å². The maximum Gasteiger partial charge on any atom is 0.228 e. The van der Waals surface area contributed by atoms with E-state index in [2.05, 4.69) is 43.7 Å². The number of hydrogen-bond donors (Lipinski definition) is 0. The summed E-state index contributed by atoms with van der Waals surface area (Å²) in [6.07, 6.45) is 1.37. The lowest BCUT2D eigenvalue weighted by atomic mass is 9.85. The fourth-order valence-corrected chi connectivity index (χ4v) is 2.50. The minimum Gasteiger partial charge on any atom is -0.438 e. The molecule has 1 heterocycles. The third-order valence-electron chi connectivity index (χ3n) is 3.14. The molecule has 21 heavy (non-hydrogen) atoms. The predicted molar refractivity (Wildman–Crippen MR) is 86.6 cm³/mol. The zero-order valence-electron chi connectivity index (χ0n) is 12.6. The third-order valence-corrected chi connectivity index (χ3v) is 3.73. The van der Waals surface area contributed by atoms with E-state index in [4.69, 9.17) is 27.9 Å². The Morgan fingerprint density at radius 1 is 1.19 bits per heavy atom. The van der Waals surface area contributed by atoms with Crippen molar-refractivity contribution in [1.82, 2.24) is 9.97 Å². The lowest BCUT2D eigenvalue weighted by Crippen LogP contribution is -2.13. The highest BCUT2D eigenvalue weighted by Crippen LogP contribution is 2.36. The molecular formula is C16H18Cl2N2O. The number of rotatable bonds is 3. The zero-order chi connectivity index (χ0) is 15.6. The summed E-state index contributed by atoms with van der Waals surface area (Å²) in [4.78, 5) is 8.08. The summed E-state index contributed by atoms with van der Waals surface area (Å²) in [5.41, 5.74) is 2.85. The normalized spacial score (nSPS) is 11.5. The molecule has 1 aromatic heterocycles. The molecule has 2 aromatic rings. The molecule has 1 aromatic carbocycles. The van der Waals surface area contributed by atoms with Gasteiger partial charge >= 0.3 is 0 Å². The molecule has 3 nitrogen and oxygen atoms in total. The fraction of sp³-hybridized carbons (Fsp3) is 0.375. The molecule has 0 bridgehead atoms. The van der Waals surface area contributed by atoms with Crippen LogP contribution in [-0.4, -0.2) is 9.97 Å². The molecule has 0 N–H and O–H groups in total. The maximum atomic E-state index is 6.04. The first-order chi connectivity index (χ1) is 9.82. The highest BCUT2D eigenvalue weighted by Gasteiger charge is 2.21. The largest absolute Gasteiger partial charge is 0.438 e. The summed E-state index contributed by atoms with van der Waals surface area (Å²) < 4.78 is 5.97. The van der Waals surface area contributed by atoms with Crippen LogP contribution in [0.15, 0.2) is 24.5 Å². The van der Waals surface area contributed by atoms with E-state index in [1.54, 1.807) is 0 Å². The third kappa shape index (κ3) is 3.66. The van der Waals surface area contributed by atoms with Crippen molar-refractivity contribution in [3.63, 3.8) is 0 Å². The zero-order valence-corrected chi connectivity index (χ0v) is 14.1. The van der Waals surface area contributed by atoms with Gasteiger partial charge in [-0.2, -0.15) is 0 Å². The van der Waals surface area contributed by atoms with E-state index in [1.807, 2.05) is 12.1 Å². The van der Waals surface area contributed by atoms with Gasteiger partial charge in [-0.25, -0.2) is 9.97 Å². The SMILES string of the molecule is Cc1ccc(Oc2ncnc(Cl)c2CCl)c(C(C)(C)C)c1. The second-order valence-electron chi connectivity index (χ2n) is 5.93. The molecule has 0 radical (unpaired) electrons. The topological polar surface area (TPSA) is 35.0 Å².